The predicted molar refractivity (Wildman–Crippen MR) is 58.1 cm³/mol. The van der Waals surface area contributed by atoms with Gasteiger partial charge in [-0.05, 0) is 18.2 Å². The van der Waals surface area contributed by atoms with Gasteiger partial charge in [0.25, 0.3) is 0 Å². The topological polar surface area (TPSA) is 84.2 Å². The fourth-order valence-corrected chi connectivity index (χ4v) is 1.95. The average molecular weight is 227 g/mol. The Labute approximate surface area is 88.7 Å². The third-order valence-corrected chi connectivity index (χ3v) is 3.23. The molecule has 0 aliphatic carbocycles. The van der Waals surface area contributed by atoms with Crippen molar-refractivity contribution >= 4 is 15.7 Å². The lowest BCUT2D eigenvalue weighted by Gasteiger charge is -2.29. The Balaban J connectivity index is 2.18. The summed E-state index contributed by atoms with van der Waals surface area (Å²) in [6.07, 6.45) is 0. The number of nitrogens with two attached hydrogens (primary N) is 1. The number of benzene rings is 1. The van der Waals surface area contributed by atoms with Crippen molar-refractivity contribution in [3.8, 4) is 0 Å². The summed E-state index contributed by atoms with van der Waals surface area (Å²) < 4.78 is 22.2. The fourth-order valence-electron chi connectivity index (χ4n) is 1.39. The van der Waals surface area contributed by atoms with Crippen LogP contribution >= 0.6 is 0 Å². The first kappa shape index (κ1) is 10.4. The van der Waals surface area contributed by atoms with Crippen LogP contribution in [0.5, 0.6) is 0 Å². The number of primary sulfonamides is 1. The summed E-state index contributed by atoms with van der Waals surface area (Å²) in [6, 6.07) is 6.91. The van der Waals surface area contributed by atoms with Gasteiger partial charge in [-0.15, -0.1) is 0 Å². The molecule has 0 atom stereocenters. The maximum atomic E-state index is 11.1. The molecule has 0 unspecified atom stereocenters. The highest BCUT2D eigenvalue weighted by atomic mass is 32.2. The molecule has 5 nitrogen and oxygen atoms in total. The third-order valence-electron chi connectivity index (χ3n) is 2.31. The summed E-state index contributed by atoms with van der Waals surface area (Å²) in [5, 5.41) is 11.4. The minimum atomic E-state index is -3.61. The first-order chi connectivity index (χ1) is 7.05. The number of sulfonamides is 1. The summed E-state index contributed by atoms with van der Waals surface area (Å²) in [7, 11) is -3.61. The maximum absolute atomic E-state index is 11.1. The van der Waals surface area contributed by atoms with Crippen LogP contribution in [0.15, 0.2) is 29.2 Å². The summed E-state index contributed by atoms with van der Waals surface area (Å²) in [5.41, 5.74) is 0.785. The van der Waals surface area contributed by atoms with Crippen LogP contribution in [0, 0.1) is 0 Å². The van der Waals surface area contributed by atoms with Crippen molar-refractivity contribution in [3.05, 3.63) is 24.3 Å². The van der Waals surface area contributed by atoms with Gasteiger partial charge < -0.3 is 10.6 Å². The standard InChI is InChI=1S/C9H13N3O2S/c10-15(13,14)9-3-1-2-7(4-9)12-8-5-11-6-8/h1-4,8,11-12H,5-6H2,(H2,10,13,14). The van der Waals surface area contributed by atoms with E-state index in [2.05, 4.69) is 10.6 Å². The molecule has 1 aromatic carbocycles. The van der Waals surface area contributed by atoms with Gasteiger partial charge in [-0.2, -0.15) is 0 Å². The Morgan fingerprint density at radius 1 is 1.40 bits per heavy atom. The highest BCUT2D eigenvalue weighted by Crippen LogP contribution is 2.15. The van der Waals surface area contributed by atoms with E-state index in [-0.39, 0.29) is 4.90 Å². The normalized spacial score (nSPS) is 17.1. The Kier molecular flexibility index (Phi) is 2.64. The molecule has 0 spiro atoms. The molecule has 1 fully saturated rings. The van der Waals surface area contributed by atoms with Crippen molar-refractivity contribution in [2.24, 2.45) is 5.14 Å². The summed E-state index contributed by atoms with van der Waals surface area (Å²) >= 11 is 0. The van der Waals surface area contributed by atoms with Crippen LogP contribution in [-0.4, -0.2) is 27.5 Å². The molecule has 0 amide bonds. The number of rotatable bonds is 3. The summed E-state index contributed by atoms with van der Waals surface area (Å²) in [5.74, 6) is 0. The average Bonchev–Trinajstić information content (AvgIpc) is 2.11. The van der Waals surface area contributed by atoms with Crippen molar-refractivity contribution in [2.75, 3.05) is 18.4 Å². The van der Waals surface area contributed by atoms with Crippen LogP contribution in [0.1, 0.15) is 0 Å². The van der Waals surface area contributed by atoms with Gasteiger partial charge in [-0.1, -0.05) is 6.07 Å². The van der Waals surface area contributed by atoms with Gasteiger partial charge in [0.2, 0.25) is 10.0 Å². The molecule has 1 aliphatic rings. The molecule has 6 heteroatoms. The molecule has 2 rings (SSSR count). The molecule has 4 N–H and O–H groups in total. The fraction of sp³-hybridized carbons (Fsp3) is 0.333. The number of hydrogen-bond donors (Lipinski definition) is 3. The van der Waals surface area contributed by atoms with E-state index in [9.17, 15) is 8.42 Å². The van der Waals surface area contributed by atoms with Crippen molar-refractivity contribution in [2.45, 2.75) is 10.9 Å². The van der Waals surface area contributed by atoms with Crippen LogP contribution in [0.2, 0.25) is 0 Å². The van der Waals surface area contributed by atoms with E-state index in [1.54, 1.807) is 12.1 Å². The van der Waals surface area contributed by atoms with Gasteiger partial charge in [0.1, 0.15) is 0 Å². The lowest BCUT2D eigenvalue weighted by atomic mass is 10.1. The minimum Gasteiger partial charge on any atom is -0.380 e. The zero-order valence-electron chi connectivity index (χ0n) is 8.10. The van der Waals surface area contributed by atoms with Gasteiger partial charge in [-0.25, -0.2) is 13.6 Å². The van der Waals surface area contributed by atoms with Crippen molar-refractivity contribution < 1.29 is 8.42 Å². The molecule has 1 heterocycles. The molecule has 0 saturated carbocycles. The van der Waals surface area contributed by atoms with Crippen molar-refractivity contribution in [3.63, 3.8) is 0 Å². The number of anilines is 1. The molecular weight excluding hydrogens is 214 g/mol. The molecule has 15 heavy (non-hydrogen) atoms. The van der Waals surface area contributed by atoms with Gasteiger partial charge in [-0.3, -0.25) is 0 Å². The second-order valence-electron chi connectivity index (χ2n) is 3.57. The molecule has 0 radical (unpaired) electrons. The Bertz CT molecular complexity index is 454. The third kappa shape index (κ3) is 2.47. The molecule has 0 bridgehead atoms. The summed E-state index contributed by atoms with van der Waals surface area (Å²) in [4.78, 5) is 0.139. The lowest BCUT2D eigenvalue weighted by Crippen LogP contribution is -2.51. The zero-order valence-corrected chi connectivity index (χ0v) is 8.92. The van der Waals surface area contributed by atoms with Gasteiger partial charge in [0.05, 0.1) is 10.9 Å². The van der Waals surface area contributed by atoms with Crippen LogP contribution in [0.3, 0.4) is 0 Å². The smallest absolute Gasteiger partial charge is 0.238 e. The second-order valence-corrected chi connectivity index (χ2v) is 5.13. The summed E-state index contributed by atoms with van der Waals surface area (Å²) in [6.45, 7) is 1.80. The first-order valence-electron chi connectivity index (χ1n) is 4.66. The van der Waals surface area contributed by atoms with Crippen molar-refractivity contribution in [1.82, 2.24) is 5.32 Å². The highest BCUT2D eigenvalue weighted by molar-refractivity contribution is 7.89. The van der Waals surface area contributed by atoms with E-state index in [0.29, 0.717) is 6.04 Å². The lowest BCUT2D eigenvalue weighted by molar-refractivity contribution is 0.472. The molecular formula is C9H13N3O2S. The van der Waals surface area contributed by atoms with Crippen LogP contribution < -0.4 is 15.8 Å². The van der Waals surface area contributed by atoms with Crippen molar-refractivity contribution in [1.29, 1.82) is 0 Å². The van der Waals surface area contributed by atoms with Gasteiger partial charge in [0.15, 0.2) is 0 Å². The van der Waals surface area contributed by atoms with Crippen LogP contribution in [-0.2, 0) is 10.0 Å². The molecule has 82 valence electrons. The van der Waals surface area contributed by atoms with Crippen LogP contribution in [0.25, 0.3) is 0 Å². The van der Waals surface area contributed by atoms with E-state index in [1.165, 1.54) is 6.07 Å². The van der Waals surface area contributed by atoms with E-state index >= 15 is 0 Å². The monoisotopic (exact) mass is 227 g/mol. The minimum absolute atomic E-state index is 0.139. The predicted octanol–water partition coefficient (Wildman–Crippen LogP) is -0.282. The second kappa shape index (κ2) is 3.80. The van der Waals surface area contributed by atoms with E-state index in [4.69, 9.17) is 5.14 Å². The Hall–Kier alpha value is -1.11. The molecule has 1 aliphatic heterocycles. The van der Waals surface area contributed by atoms with E-state index < -0.39 is 10.0 Å². The molecule has 1 saturated heterocycles. The van der Waals surface area contributed by atoms with E-state index in [0.717, 1.165) is 18.8 Å². The Morgan fingerprint density at radius 2 is 2.13 bits per heavy atom. The SMILES string of the molecule is NS(=O)(=O)c1cccc(NC2CNC2)c1. The Morgan fingerprint density at radius 3 is 2.67 bits per heavy atom. The van der Waals surface area contributed by atoms with Gasteiger partial charge >= 0.3 is 0 Å². The van der Waals surface area contributed by atoms with Crippen LogP contribution in [0.4, 0.5) is 5.69 Å². The largest absolute Gasteiger partial charge is 0.380 e. The number of nitrogens with one attached hydrogen (secondary N) is 2. The molecule has 0 aromatic heterocycles. The molecule has 1 aromatic rings. The maximum Gasteiger partial charge on any atom is 0.238 e. The van der Waals surface area contributed by atoms with E-state index in [1.807, 2.05) is 6.07 Å². The quantitative estimate of drug-likeness (QED) is 0.663. The van der Waals surface area contributed by atoms with Gasteiger partial charge in [0, 0.05) is 18.8 Å². The number of hydrogen-bond acceptors (Lipinski definition) is 4. The first-order valence-corrected chi connectivity index (χ1v) is 6.20. The zero-order chi connectivity index (χ0) is 10.9. The highest BCUT2D eigenvalue weighted by Gasteiger charge is 2.16.